The molecular formula is H4Cl2OV. The van der Waals surface area contributed by atoms with Gasteiger partial charge in [-0.15, -0.1) is 24.8 Å². The Morgan fingerprint density at radius 3 is 0.750 bits per heavy atom. The van der Waals surface area contributed by atoms with E-state index in [1.54, 1.807) is 0 Å². The summed E-state index contributed by atoms with van der Waals surface area (Å²) in [6.45, 7) is 0. The van der Waals surface area contributed by atoms with Crippen molar-refractivity contribution in [2.75, 3.05) is 0 Å². The normalized spacial score (nSPS) is 0. The number of hydrogen-bond donors (Lipinski definition) is 0. The van der Waals surface area contributed by atoms with Gasteiger partial charge in [0.25, 0.3) is 0 Å². The van der Waals surface area contributed by atoms with Crippen molar-refractivity contribution in [2.24, 2.45) is 0 Å². The van der Waals surface area contributed by atoms with Crippen LogP contribution in [0.3, 0.4) is 0 Å². The predicted octanol–water partition coefficient (Wildman–Crippen LogP) is 0.0164. The first kappa shape index (κ1) is 68.9. The van der Waals surface area contributed by atoms with Crippen LogP contribution in [0.4, 0.5) is 0 Å². The fourth-order valence-corrected chi connectivity index (χ4v) is 0. The van der Waals surface area contributed by atoms with Gasteiger partial charge in [-0.25, -0.2) is 0 Å². The number of halogens is 2. The van der Waals surface area contributed by atoms with Gasteiger partial charge in [-0.1, -0.05) is 0 Å². The average molecular weight is 142 g/mol. The van der Waals surface area contributed by atoms with Crippen LogP contribution in [-0.2, 0) is 18.6 Å². The van der Waals surface area contributed by atoms with Crippen molar-refractivity contribution in [3.05, 3.63) is 0 Å². The Bertz CT molecular complexity index is 6.00. The first-order valence-electron chi connectivity index (χ1n) is 0. The summed E-state index contributed by atoms with van der Waals surface area (Å²) in [5.74, 6) is 0. The SMILES string of the molecule is Cl.Cl.O.[V]. The maximum atomic E-state index is 0. The Balaban J connectivity index is 0. The second-order valence-corrected chi connectivity index (χ2v) is 0. The van der Waals surface area contributed by atoms with Gasteiger partial charge in [-0.3, -0.25) is 0 Å². The molecule has 0 rings (SSSR count). The van der Waals surface area contributed by atoms with E-state index in [0.29, 0.717) is 0 Å². The van der Waals surface area contributed by atoms with Crippen LogP contribution in [0.5, 0.6) is 0 Å². The molecule has 0 saturated heterocycles. The second-order valence-electron chi connectivity index (χ2n) is 0. The zero-order chi connectivity index (χ0) is 0. The third kappa shape index (κ3) is 11.2. The second kappa shape index (κ2) is 31.8. The molecule has 0 aliphatic heterocycles. The van der Waals surface area contributed by atoms with Crippen LogP contribution in [0, 0.1) is 0 Å². The minimum atomic E-state index is 0. The van der Waals surface area contributed by atoms with Gasteiger partial charge >= 0.3 is 0 Å². The molecule has 0 atom stereocenters. The molecule has 0 saturated carbocycles. The van der Waals surface area contributed by atoms with E-state index in [1.165, 1.54) is 0 Å². The smallest absolute Gasteiger partial charge is 0 e. The molecule has 1 radical (unpaired) electrons. The third-order valence-electron chi connectivity index (χ3n) is 0. The molecule has 2 N–H and O–H groups in total. The van der Waals surface area contributed by atoms with Crippen molar-refractivity contribution in [1.29, 1.82) is 0 Å². The maximum absolute atomic E-state index is 0. The third-order valence-corrected chi connectivity index (χ3v) is 0. The topological polar surface area (TPSA) is 31.5 Å². The zero-order valence-electron chi connectivity index (χ0n) is 1.76. The Labute approximate surface area is 49.2 Å². The Hall–Kier alpha value is 1.12. The summed E-state index contributed by atoms with van der Waals surface area (Å²) in [5.41, 5.74) is 0. The molecule has 4 heavy (non-hydrogen) atoms. The van der Waals surface area contributed by atoms with Crippen molar-refractivity contribution < 1.29 is 24.0 Å². The number of rotatable bonds is 0. The molecule has 0 fully saturated rings. The molecule has 0 aromatic heterocycles. The monoisotopic (exact) mass is 141 g/mol. The zero-order valence-corrected chi connectivity index (χ0v) is 4.79. The molecule has 0 aliphatic rings. The fourth-order valence-electron chi connectivity index (χ4n) is 0. The molecular weight excluding hydrogens is 138 g/mol. The molecule has 0 amide bonds. The van der Waals surface area contributed by atoms with Crippen LogP contribution >= 0.6 is 24.8 Å². The van der Waals surface area contributed by atoms with Crippen LogP contribution in [0.2, 0.25) is 0 Å². The first-order chi connectivity index (χ1) is 0. The van der Waals surface area contributed by atoms with Crippen LogP contribution in [0.25, 0.3) is 0 Å². The molecule has 4 heteroatoms. The molecule has 0 aromatic rings. The van der Waals surface area contributed by atoms with Gasteiger partial charge in [0, 0.05) is 18.6 Å². The average Bonchev–Trinajstić information content (AvgIpc) is 0. The van der Waals surface area contributed by atoms with Gasteiger partial charge in [0.1, 0.15) is 0 Å². The summed E-state index contributed by atoms with van der Waals surface area (Å²) in [5, 5.41) is 0. The summed E-state index contributed by atoms with van der Waals surface area (Å²) >= 11 is 0. The van der Waals surface area contributed by atoms with E-state index in [0.717, 1.165) is 0 Å². The fraction of sp³-hybridized carbons (Fsp3) is 0. The minimum Gasteiger partial charge on any atom is -0.412 e. The molecule has 0 aliphatic carbocycles. The van der Waals surface area contributed by atoms with Crippen LogP contribution in [0.1, 0.15) is 0 Å². The Morgan fingerprint density at radius 2 is 0.750 bits per heavy atom. The van der Waals surface area contributed by atoms with E-state index in [-0.39, 0.29) is 48.8 Å². The van der Waals surface area contributed by atoms with Crippen molar-refractivity contribution in [1.82, 2.24) is 0 Å². The van der Waals surface area contributed by atoms with Gasteiger partial charge in [-0.05, 0) is 0 Å². The molecule has 1 nitrogen and oxygen atoms in total. The summed E-state index contributed by atoms with van der Waals surface area (Å²) in [6, 6.07) is 0. The molecule has 0 aromatic carbocycles. The van der Waals surface area contributed by atoms with E-state index in [9.17, 15) is 0 Å². The van der Waals surface area contributed by atoms with Crippen LogP contribution < -0.4 is 0 Å². The summed E-state index contributed by atoms with van der Waals surface area (Å²) in [7, 11) is 0. The van der Waals surface area contributed by atoms with Gasteiger partial charge in [0.15, 0.2) is 0 Å². The van der Waals surface area contributed by atoms with Gasteiger partial charge in [0.2, 0.25) is 0 Å². The molecule has 0 spiro atoms. The van der Waals surface area contributed by atoms with Gasteiger partial charge in [0.05, 0.1) is 0 Å². The number of hydrogen-bond acceptors (Lipinski definition) is 0. The summed E-state index contributed by atoms with van der Waals surface area (Å²) < 4.78 is 0. The standard InChI is InChI=1S/2ClH.H2O.V/h2*1H;1H2;. The largest absolute Gasteiger partial charge is 0.412 e. The van der Waals surface area contributed by atoms with Crippen molar-refractivity contribution in [3.8, 4) is 0 Å². The molecule has 29 valence electrons. The Kier molecular flexibility index (Phi) is 549. The summed E-state index contributed by atoms with van der Waals surface area (Å²) in [6.07, 6.45) is 0. The predicted molar refractivity (Wildman–Crippen MR) is 18.1 cm³/mol. The van der Waals surface area contributed by atoms with E-state index in [1.807, 2.05) is 0 Å². The van der Waals surface area contributed by atoms with E-state index >= 15 is 0 Å². The van der Waals surface area contributed by atoms with Crippen molar-refractivity contribution in [2.45, 2.75) is 0 Å². The van der Waals surface area contributed by atoms with E-state index in [2.05, 4.69) is 0 Å². The van der Waals surface area contributed by atoms with Crippen molar-refractivity contribution >= 4 is 24.8 Å². The van der Waals surface area contributed by atoms with Crippen LogP contribution in [-0.4, -0.2) is 5.48 Å². The van der Waals surface area contributed by atoms with Crippen LogP contribution in [0.15, 0.2) is 0 Å². The van der Waals surface area contributed by atoms with Gasteiger partial charge < -0.3 is 5.48 Å². The minimum absolute atomic E-state index is 0. The maximum Gasteiger partial charge on any atom is 0 e. The molecule has 0 unspecified atom stereocenters. The van der Waals surface area contributed by atoms with E-state index < -0.39 is 0 Å². The molecule has 0 heterocycles. The van der Waals surface area contributed by atoms with E-state index in [4.69, 9.17) is 0 Å². The molecule has 0 bridgehead atoms. The first-order valence-corrected chi connectivity index (χ1v) is 0. The Morgan fingerprint density at radius 1 is 0.750 bits per heavy atom. The van der Waals surface area contributed by atoms with Gasteiger partial charge in [-0.2, -0.15) is 0 Å². The summed E-state index contributed by atoms with van der Waals surface area (Å²) in [4.78, 5) is 0. The quantitative estimate of drug-likeness (QED) is 0.456. The van der Waals surface area contributed by atoms with Crippen molar-refractivity contribution in [3.63, 3.8) is 0 Å².